The van der Waals surface area contributed by atoms with Gasteiger partial charge in [-0.15, -0.1) is 5.10 Å². The first-order valence-electron chi connectivity index (χ1n) is 4.30. The van der Waals surface area contributed by atoms with Gasteiger partial charge < -0.3 is 0 Å². The highest BCUT2D eigenvalue weighted by molar-refractivity contribution is 5.90. The van der Waals surface area contributed by atoms with Crippen molar-refractivity contribution in [2.24, 2.45) is 0 Å². The molecule has 2 heterocycles. The quantitative estimate of drug-likeness (QED) is 0.567. The van der Waals surface area contributed by atoms with Crippen LogP contribution in [0, 0.1) is 0 Å². The number of hydrogen-bond acceptors (Lipinski definition) is 4. The second-order valence-corrected chi connectivity index (χ2v) is 3.37. The van der Waals surface area contributed by atoms with E-state index in [2.05, 4.69) is 15.0 Å². The number of hydrogen-bond donors (Lipinski definition) is 0. The van der Waals surface area contributed by atoms with Gasteiger partial charge in [0.2, 0.25) is 5.82 Å². The predicted molar refractivity (Wildman–Crippen MR) is 46.4 cm³/mol. The van der Waals surface area contributed by atoms with Crippen molar-refractivity contribution in [3.63, 3.8) is 0 Å². The lowest BCUT2D eigenvalue weighted by atomic mass is 10.4. The van der Waals surface area contributed by atoms with Crippen LogP contribution in [0.2, 0.25) is 0 Å². The summed E-state index contributed by atoms with van der Waals surface area (Å²) in [6.07, 6.45) is 0. The Hall–Kier alpha value is -1.23. The minimum absolute atomic E-state index is 0.0652. The molecule has 2 rings (SSSR count). The molecule has 0 spiro atoms. The lowest BCUT2D eigenvalue weighted by molar-refractivity contribution is 0.100. The number of carbonyl (C=O) groups is 1. The topological polar surface area (TPSA) is 51.0 Å². The summed E-state index contributed by atoms with van der Waals surface area (Å²) in [5, 5.41) is 4.11. The Bertz CT molecular complexity index is 344. The van der Waals surface area contributed by atoms with Crippen LogP contribution in [0.3, 0.4) is 0 Å². The average molecular weight is 180 g/mol. The molecule has 1 aromatic heterocycles. The van der Waals surface area contributed by atoms with Gasteiger partial charge in [0.05, 0.1) is 13.1 Å². The van der Waals surface area contributed by atoms with Crippen LogP contribution in [0.15, 0.2) is 0 Å². The molecule has 0 aliphatic carbocycles. The first-order chi connectivity index (χ1) is 6.16. The average Bonchev–Trinajstić information content (AvgIpc) is 2.46. The lowest BCUT2D eigenvalue weighted by Crippen LogP contribution is -2.30. The lowest BCUT2D eigenvalue weighted by Gasteiger charge is -2.21. The maximum Gasteiger partial charge on any atom is 0.217 e. The molecule has 0 radical (unpaired) electrons. The molecule has 0 aromatic carbocycles. The molecule has 0 saturated heterocycles. The number of ketones is 1. The zero-order chi connectivity index (χ0) is 9.42. The van der Waals surface area contributed by atoms with E-state index in [1.165, 1.54) is 6.92 Å². The molecule has 1 aliphatic rings. The summed E-state index contributed by atoms with van der Waals surface area (Å²) >= 11 is 0. The number of rotatable bonds is 1. The van der Waals surface area contributed by atoms with Gasteiger partial charge in [0, 0.05) is 13.5 Å². The molecule has 0 saturated carbocycles. The van der Waals surface area contributed by atoms with Crippen molar-refractivity contribution in [2.45, 2.75) is 20.0 Å². The number of aromatic nitrogens is 3. The molecule has 1 aliphatic heterocycles. The van der Waals surface area contributed by atoms with Gasteiger partial charge in [0.1, 0.15) is 5.82 Å². The van der Waals surface area contributed by atoms with E-state index in [1.54, 1.807) is 0 Å². The Balaban J connectivity index is 2.33. The van der Waals surface area contributed by atoms with Gasteiger partial charge in [-0.3, -0.25) is 9.69 Å². The van der Waals surface area contributed by atoms with Gasteiger partial charge in [-0.05, 0) is 7.05 Å². The van der Waals surface area contributed by atoms with Crippen LogP contribution in [0.1, 0.15) is 23.4 Å². The van der Waals surface area contributed by atoms with Crippen LogP contribution < -0.4 is 0 Å². The minimum atomic E-state index is -0.0652. The monoisotopic (exact) mass is 180 g/mol. The van der Waals surface area contributed by atoms with Gasteiger partial charge >= 0.3 is 0 Å². The Morgan fingerprint density at radius 2 is 2.23 bits per heavy atom. The van der Waals surface area contributed by atoms with Crippen LogP contribution in [0.4, 0.5) is 0 Å². The molecule has 70 valence electrons. The van der Waals surface area contributed by atoms with E-state index in [0.29, 0.717) is 5.82 Å². The van der Waals surface area contributed by atoms with E-state index in [1.807, 2.05) is 11.7 Å². The molecule has 0 fully saturated rings. The molecule has 0 unspecified atom stereocenters. The van der Waals surface area contributed by atoms with Gasteiger partial charge in [-0.2, -0.15) is 0 Å². The smallest absolute Gasteiger partial charge is 0.217 e. The highest BCUT2D eigenvalue weighted by Gasteiger charge is 2.18. The van der Waals surface area contributed by atoms with E-state index in [0.717, 1.165) is 25.5 Å². The molecule has 13 heavy (non-hydrogen) atoms. The molecule has 5 heteroatoms. The van der Waals surface area contributed by atoms with Gasteiger partial charge in [-0.1, -0.05) is 0 Å². The third-order valence-electron chi connectivity index (χ3n) is 2.17. The van der Waals surface area contributed by atoms with Crippen molar-refractivity contribution in [1.29, 1.82) is 0 Å². The number of Topliss-reactive ketones (excluding diaryl/α,β-unsaturated/α-hetero) is 1. The Labute approximate surface area is 76.4 Å². The summed E-state index contributed by atoms with van der Waals surface area (Å²) in [5.41, 5.74) is 0. The van der Waals surface area contributed by atoms with Crippen molar-refractivity contribution in [3.8, 4) is 0 Å². The molecule has 0 N–H and O–H groups in total. The van der Waals surface area contributed by atoms with Crippen LogP contribution in [0.5, 0.6) is 0 Å². The molecule has 0 amide bonds. The molecule has 0 atom stereocenters. The van der Waals surface area contributed by atoms with Crippen molar-refractivity contribution in [1.82, 2.24) is 19.7 Å². The highest BCUT2D eigenvalue weighted by atomic mass is 16.1. The summed E-state index contributed by atoms with van der Waals surface area (Å²) in [4.78, 5) is 17.3. The molecule has 0 bridgehead atoms. The largest absolute Gasteiger partial charge is 0.297 e. The van der Waals surface area contributed by atoms with Crippen molar-refractivity contribution < 1.29 is 4.79 Å². The Morgan fingerprint density at radius 3 is 2.92 bits per heavy atom. The fourth-order valence-electron chi connectivity index (χ4n) is 1.41. The molecular weight excluding hydrogens is 168 g/mol. The number of fused-ring (bicyclic) bond motifs is 1. The normalized spacial score (nSPS) is 17.1. The fourth-order valence-corrected chi connectivity index (χ4v) is 1.41. The van der Waals surface area contributed by atoms with Gasteiger partial charge in [0.25, 0.3) is 0 Å². The summed E-state index contributed by atoms with van der Waals surface area (Å²) in [6, 6.07) is 0. The Morgan fingerprint density at radius 1 is 1.46 bits per heavy atom. The van der Waals surface area contributed by atoms with E-state index < -0.39 is 0 Å². The van der Waals surface area contributed by atoms with E-state index in [9.17, 15) is 4.79 Å². The van der Waals surface area contributed by atoms with Crippen molar-refractivity contribution in [2.75, 3.05) is 13.6 Å². The number of carbonyl (C=O) groups excluding carboxylic acids is 1. The summed E-state index contributed by atoms with van der Waals surface area (Å²) in [6.45, 7) is 4.06. The fraction of sp³-hybridized carbons (Fsp3) is 0.625. The summed E-state index contributed by atoms with van der Waals surface area (Å²) in [7, 11) is 2.03. The predicted octanol–water partition coefficient (Wildman–Crippen LogP) is -0.0739. The first-order valence-corrected chi connectivity index (χ1v) is 4.30. The number of nitrogens with zero attached hydrogens (tertiary/aromatic N) is 4. The van der Waals surface area contributed by atoms with Crippen LogP contribution in [-0.4, -0.2) is 39.0 Å². The van der Waals surface area contributed by atoms with Crippen molar-refractivity contribution >= 4 is 5.78 Å². The zero-order valence-electron chi connectivity index (χ0n) is 7.82. The molecule has 1 aromatic rings. The number of likely N-dealkylation sites (N-methyl/N-ethyl adjacent to an activating group) is 1. The second kappa shape index (κ2) is 2.92. The van der Waals surface area contributed by atoms with E-state index in [-0.39, 0.29) is 5.78 Å². The summed E-state index contributed by atoms with van der Waals surface area (Å²) < 4.78 is 1.82. The maximum absolute atomic E-state index is 11.0. The molecule has 5 nitrogen and oxygen atoms in total. The van der Waals surface area contributed by atoms with E-state index in [4.69, 9.17) is 0 Å². The maximum atomic E-state index is 11.0. The summed E-state index contributed by atoms with van der Waals surface area (Å²) in [5.74, 6) is 1.16. The van der Waals surface area contributed by atoms with Crippen LogP contribution >= 0.6 is 0 Å². The van der Waals surface area contributed by atoms with Gasteiger partial charge in [0.15, 0.2) is 5.78 Å². The zero-order valence-corrected chi connectivity index (χ0v) is 7.82. The van der Waals surface area contributed by atoms with Crippen LogP contribution in [-0.2, 0) is 13.1 Å². The van der Waals surface area contributed by atoms with Crippen LogP contribution in [0.25, 0.3) is 0 Å². The Kier molecular flexibility index (Phi) is 1.88. The minimum Gasteiger partial charge on any atom is -0.297 e. The second-order valence-electron chi connectivity index (χ2n) is 3.37. The van der Waals surface area contributed by atoms with Crippen molar-refractivity contribution in [3.05, 3.63) is 11.6 Å². The standard InChI is InChI=1S/C8H12N4O/c1-6(13)8-9-7-5-11(2)3-4-12(7)10-8/h3-5H2,1-2H3. The first kappa shape index (κ1) is 8.37. The molecular formula is C8H12N4O. The van der Waals surface area contributed by atoms with Gasteiger partial charge in [-0.25, -0.2) is 9.67 Å². The van der Waals surface area contributed by atoms with E-state index >= 15 is 0 Å². The highest BCUT2D eigenvalue weighted by Crippen LogP contribution is 2.08. The third-order valence-corrected chi connectivity index (χ3v) is 2.17. The third kappa shape index (κ3) is 1.47. The SMILES string of the molecule is CC(=O)c1nc2n(n1)CCN(C)C2.